The van der Waals surface area contributed by atoms with Gasteiger partial charge in [0, 0.05) is 16.8 Å². The summed E-state index contributed by atoms with van der Waals surface area (Å²) in [6.45, 7) is 2.08. The molecule has 0 saturated heterocycles. The molecule has 3 N–H and O–H groups in total. The van der Waals surface area contributed by atoms with Crippen molar-refractivity contribution in [1.82, 2.24) is 4.98 Å². The fraction of sp³-hybridized carbons (Fsp3) is 0.143. The minimum absolute atomic E-state index is 0.0373. The number of pyridine rings is 1. The number of amidine groups is 1. The van der Waals surface area contributed by atoms with E-state index in [0.29, 0.717) is 16.5 Å². The molecule has 104 valence electrons. The molecule has 0 aliphatic carbocycles. The van der Waals surface area contributed by atoms with Crippen molar-refractivity contribution in [1.29, 1.82) is 0 Å². The van der Waals surface area contributed by atoms with E-state index < -0.39 is 0 Å². The van der Waals surface area contributed by atoms with Crippen LogP contribution in [0.15, 0.2) is 41.7 Å². The van der Waals surface area contributed by atoms with Gasteiger partial charge in [-0.25, -0.2) is 4.98 Å². The van der Waals surface area contributed by atoms with Crippen molar-refractivity contribution in [2.24, 2.45) is 10.9 Å². The van der Waals surface area contributed by atoms with E-state index in [1.165, 1.54) is 0 Å². The zero-order chi connectivity index (χ0) is 14.5. The number of nitrogens with zero attached hydrogens (tertiary/aromatic N) is 2. The van der Waals surface area contributed by atoms with Crippen LogP contribution in [0.5, 0.6) is 5.88 Å². The molecular weight excluding hydrogens is 278 g/mol. The van der Waals surface area contributed by atoms with E-state index in [9.17, 15) is 0 Å². The number of benzene rings is 1. The number of rotatable bonds is 4. The summed E-state index contributed by atoms with van der Waals surface area (Å²) in [7, 11) is 0. The minimum atomic E-state index is -0.0373. The molecule has 1 aromatic carbocycles. The average Bonchev–Trinajstić information content (AvgIpc) is 2.46. The summed E-state index contributed by atoms with van der Waals surface area (Å²) in [4.78, 5) is 4.12. The van der Waals surface area contributed by atoms with Crippen molar-refractivity contribution >= 4 is 17.4 Å². The van der Waals surface area contributed by atoms with Crippen LogP contribution >= 0.6 is 11.6 Å². The largest absolute Gasteiger partial charge is 0.472 e. The maximum Gasteiger partial charge on any atom is 0.225 e. The van der Waals surface area contributed by atoms with E-state index in [-0.39, 0.29) is 12.4 Å². The Morgan fingerprint density at radius 3 is 2.85 bits per heavy atom. The quantitative estimate of drug-likeness (QED) is 0.393. The first-order valence-electron chi connectivity index (χ1n) is 5.93. The van der Waals surface area contributed by atoms with Gasteiger partial charge in [0.2, 0.25) is 5.88 Å². The molecule has 20 heavy (non-hydrogen) atoms. The third-order valence-corrected chi connectivity index (χ3v) is 3.18. The molecule has 0 bridgehead atoms. The highest BCUT2D eigenvalue weighted by molar-refractivity contribution is 6.31. The monoisotopic (exact) mass is 291 g/mol. The Hall–Kier alpha value is -2.27. The second kappa shape index (κ2) is 6.25. The predicted molar refractivity (Wildman–Crippen MR) is 77.3 cm³/mol. The second-order valence-electron chi connectivity index (χ2n) is 4.17. The fourth-order valence-corrected chi connectivity index (χ4v) is 1.96. The normalized spacial score (nSPS) is 11.4. The highest BCUT2D eigenvalue weighted by Crippen LogP contribution is 2.22. The highest BCUT2D eigenvalue weighted by atomic mass is 35.5. The molecule has 1 aromatic heterocycles. The zero-order valence-electron chi connectivity index (χ0n) is 10.9. The Kier molecular flexibility index (Phi) is 4.42. The summed E-state index contributed by atoms with van der Waals surface area (Å²) in [6, 6.07) is 9.13. The van der Waals surface area contributed by atoms with Gasteiger partial charge in [0.15, 0.2) is 5.84 Å². The third-order valence-electron chi connectivity index (χ3n) is 2.81. The van der Waals surface area contributed by atoms with Gasteiger partial charge in [0.05, 0.1) is 5.56 Å². The van der Waals surface area contributed by atoms with Crippen LogP contribution in [0.2, 0.25) is 5.02 Å². The number of nitrogens with two attached hydrogens (primary N) is 1. The lowest BCUT2D eigenvalue weighted by Crippen LogP contribution is -2.17. The smallest absolute Gasteiger partial charge is 0.225 e. The van der Waals surface area contributed by atoms with Gasteiger partial charge in [0.25, 0.3) is 0 Å². The van der Waals surface area contributed by atoms with Crippen molar-refractivity contribution in [3.63, 3.8) is 0 Å². The molecular formula is C14H14ClN3O2. The van der Waals surface area contributed by atoms with Crippen molar-refractivity contribution < 1.29 is 9.94 Å². The molecule has 2 aromatic rings. The molecule has 0 fully saturated rings. The number of hydrogen-bond acceptors (Lipinski definition) is 4. The van der Waals surface area contributed by atoms with E-state index in [2.05, 4.69) is 10.1 Å². The van der Waals surface area contributed by atoms with Gasteiger partial charge in [-0.3, -0.25) is 0 Å². The van der Waals surface area contributed by atoms with Crippen LogP contribution in [-0.4, -0.2) is 16.0 Å². The van der Waals surface area contributed by atoms with Gasteiger partial charge in [-0.2, -0.15) is 0 Å². The zero-order valence-corrected chi connectivity index (χ0v) is 11.6. The number of hydrogen-bond donors (Lipinski definition) is 2. The van der Waals surface area contributed by atoms with E-state index in [1.807, 2.05) is 25.1 Å². The first kappa shape index (κ1) is 14.1. The van der Waals surface area contributed by atoms with Crippen molar-refractivity contribution in [3.8, 4) is 5.88 Å². The molecule has 0 aliphatic heterocycles. The third kappa shape index (κ3) is 3.00. The van der Waals surface area contributed by atoms with Gasteiger partial charge in [-0.1, -0.05) is 35.0 Å². The second-order valence-corrected chi connectivity index (χ2v) is 4.58. The van der Waals surface area contributed by atoms with Gasteiger partial charge in [-0.05, 0) is 24.6 Å². The van der Waals surface area contributed by atoms with E-state index in [1.54, 1.807) is 18.3 Å². The van der Waals surface area contributed by atoms with Crippen LogP contribution in [0, 0.1) is 6.92 Å². The van der Waals surface area contributed by atoms with Crippen LogP contribution in [0.4, 0.5) is 0 Å². The van der Waals surface area contributed by atoms with E-state index in [4.69, 9.17) is 27.3 Å². The van der Waals surface area contributed by atoms with Crippen molar-refractivity contribution in [3.05, 3.63) is 58.2 Å². The van der Waals surface area contributed by atoms with Crippen molar-refractivity contribution in [2.45, 2.75) is 13.5 Å². The molecule has 2 rings (SSSR count). The van der Waals surface area contributed by atoms with Gasteiger partial charge in [0.1, 0.15) is 6.61 Å². The summed E-state index contributed by atoms with van der Waals surface area (Å²) in [5, 5.41) is 12.4. The number of aryl methyl sites for hydroxylation is 1. The Balaban J connectivity index is 2.27. The van der Waals surface area contributed by atoms with Crippen LogP contribution in [0.1, 0.15) is 16.7 Å². The fourth-order valence-electron chi connectivity index (χ4n) is 1.77. The van der Waals surface area contributed by atoms with Crippen LogP contribution in [-0.2, 0) is 6.61 Å². The summed E-state index contributed by atoms with van der Waals surface area (Å²) >= 11 is 6.06. The number of halogens is 1. The number of oxime groups is 1. The Labute approximate surface area is 121 Å². The van der Waals surface area contributed by atoms with E-state index >= 15 is 0 Å². The standard InChI is InChI=1S/C14H14ClN3O2/c1-9-6-7-17-14(12(9)13(16)18-19)20-8-10-4-2-3-5-11(10)15/h2-7,19H,8H2,1H3,(H2,16,18). The molecule has 0 aliphatic rings. The minimum Gasteiger partial charge on any atom is -0.472 e. The molecule has 0 saturated carbocycles. The molecule has 0 atom stereocenters. The van der Waals surface area contributed by atoms with Gasteiger partial charge in [-0.15, -0.1) is 0 Å². The lowest BCUT2D eigenvalue weighted by atomic mass is 10.1. The molecule has 5 nitrogen and oxygen atoms in total. The average molecular weight is 292 g/mol. The lowest BCUT2D eigenvalue weighted by molar-refractivity contribution is 0.291. The summed E-state index contributed by atoms with van der Waals surface area (Å²) < 4.78 is 5.64. The summed E-state index contributed by atoms with van der Waals surface area (Å²) in [5.41, 5.74) is 7.77. The Morgan fingerprint density at radius 2 is 2.15 bits per heavy atom. The van der Waals surface area contributed by atoms with E-state index in [0.717, 1.165) is 11.1 Å². The first-order chi connectivity index (χ1) is 9.63. The molecule has 1 heterocycles. The van der Waals surface area contributed by atoms with Gasteiger partial charge >= 0.3 is 0 Å². The number of aromatic nitrogens is 1. The van der Waals surface area contributed by atoms with Gasteiger partial charge < -0.3 is 15.7 Å². The maximum atomic E-state index is 8.82. The molecule has 0 spiro atoms. The first-order valence-corrected chi connectivity index (χ1v) is 6.31. The SMILES string of the molecule is Cc1ccnc(OCc2ccccc2Cl)c1/C(N)=N/O. The summed E-state index contributed by atoms with van der Waals surface area (Å²) in [6.07, 6.45) is 1.60. The van der Waals surface area contributed by atoms with Crippen molar-refractivity contribution in [2.75, 3.05) is 0 Å². The van der Waals surface area contributed by atoms with Crippen LogP contribution in [0.25, 0.3) is 0 Å². The molecule has 0 radical (unpaired) electrons. The summed E-state index contributed by atoms with van der Waals surface area (Å²) in [5.74, 6) is 0.268. The molecule has 0 unspecified atom stereocenters. The predicted octanol–water partition coefficient (Wildman–Crippen LogP) is 2.72. The lowest BCUT2D eigenvalue weighted by Gasteiger charge is -2.12. The van der Waals surface area contributed by atoms with Crippen LogP contribution in [0.3, 0.4) is 0 Å². The Bertz CT molecular complexity index is 644. The maximum absolute atomic E-state index is 8.82. The Morgan fingerprint density at radius 1 is 1.40 bits per heavy atom. The topological polar surface area (TPSA) is 80.7 Å². The van der Waals surface area contributed by atoms with Crippen LogP contribution < -0.4 is 10.5 Å². The molecule has 0 amide bonds. The number of ether oxygens (including phenoxy) is 1. The highest BCUT2D eigenvalue weighted by Gasteiger charge is 2.13. The molecule has 6 heteroatoms.